The van der Waals surface area contributed by atoms with Gasteiger partial charge in [0.1, 0.15) is 0 Å². The van der Waals surface area contributed by atoms with Crippen LogP contribution in [0.1, 0.15) is 38.3 Å². The lowest BCUT2D eigenvalue weighted by Crippen LogP contribution is -2.13. The molecule has 3 rings (SSSR count). The molecule has 0 aliphatic heterocycles. The fourth-order valence-electron chi connectivity index (χ4n) is 2.79. The zero-order chi connectivity index (χ0) is 18.0. The van der Waals surface area contributed by atoms with Gasteiger partial charge in [-0.05, 0) is 56.5 Å². The largest absolute Gasteiger partial charge is 0.322 e. The molecule has 25 heavy (non-hydrogen) atoms. The molecule has 0 aliphatic carbocycles. The van der Waals surface area contributed by atoms with E-state index in [2.05, 4.69) is 17.2 Å². The number of carbonyl (C=O) groups excluding carboxylic acids is 1. The van der Waals surface area contributed by atoms with Gasteiger partial charge in [0.2, 0.25) is 0 Å². The number of anilines is 1. The molecular weight excluding hydrogens is 328 g/mol. The molecule has 3 nitrogen and oxygen atoms in total. The molecule has 3 aromatic rings. The Morgan fingerprint density at radius 1 is 1.08 bits per heavy atom. The number of aryl methyl sites for hydroxylation is 3. The second-order valence-corrected chi connectivity index (χ2v) is 7.42. The molecule has 0 aliphatic rings. The van der Waals surface area contributed by atoms with Gasteiger partial charge in [-0.1, -0.05) is 31.2 Å². The van der Waals surface area contributed by atoms with Gasteiger partial charge < -0.3 is 5.32 Å². The third-order valence-corrected chi connectivity index (χ3v) is 5.51. The first kappa shape index (κ1) is 17.4. The van der Waals surface area contributed by atoms with E-state index in [1.54, 1.807) is 11.3 Å². The van der Waals surface area contributed by atoms with E-state index in [1.165, 1.54) is 10.4 Å². The van der Waals surface area contributed by atoms with Crippen LogP contribution in [0.5, 0.6) is 0 Å². The Bertz CT molecular complexity index is 910. The lowest BCUT2D eigenvalue weighted by atomic mass is 10.1. The number of rotatable bonds is 4. The van der Waals surface area contributed by atoms with Crippen molar-refractivity contribution in [2.45, 2.75) is 34.1 Å². The van der Waals surface area contributed by atoms with Crippen molar-refractivity contribution in [3.05, 3.63) is 69.0 Å². The quantitative estimate of drug-likeness (QED) is 0.670. The lowest BCUT2D eigenvalue weighted by molar-refractivity contribution is 0.102. The SMILES string of the molecule is CCc1sc(C)nc1-c1ccc(C(=O)Nc2cccc(C)c2C)cc1. The number of benzene rings is 2. The van der Waals surface area contributed by atoms with Crippen molar-refractivity contribution in [3.63, 3.8) is 0 Å². The van der Waals surface area contributed by atoms with E-state index in [9.17, 15) is 4.79 Å². The highest BCUT2D eigenvalue weighted by Gasteiger charge is 2.12. The molecule has 1 heterocycles. The molecule has 1 amide bonds. The second kappa shape index (κ2) is 7.19. The molecule has 0 fully saturated rings. The van der Waals surface area contributed by atoms with Crippen molar-refractivity contribution in [2.24, 2.45) is 0 Å². The minimum absolute atomic E-state index is 0.0922. The molecule has 4 heteroatoms. The molecule has 0 radical (unpaired) electrons. The summed E-state index contributed by atoms with van der Waals surface area (Å²) in [4.78, 5) is 18.4. The number of hydrogen-bond acceptors (Lipinski definition) is 3. The van der Waals surface area contributed by atoms with E-state index < -0.39 is 0 Å². The van der Waals surface area contributed by atoms with E-state index in [1.807, 2.05) is 63.2 Å². The average Bonchev–Trinajstić information content (AvgIpc) is 3.00. The number of nitrogens with zero attached hydrogens (tertiary/aromatic N) is 1. The summed E-state index contributed by atoms with van der Waals surface area (Å²) in [6.45, 7) is 8.23. The Kier molecular flexibility index (Phi) is 5.00. The van der Waals surface area contributed by atoms with Crippen molar-refractivity contribution in [1.29, 1.82) is 0 Å². The van der Waals surface area contributed by atoms with Gasteiger partial charge in [-0.3, -0.25) is 4.79 Å². The summed E-state index contributed by atoms with van der Waals surface area (Å²) in [5.74, 6) is -0.0922. The van der Waals surface area contributed by atoms with Gasteiger partial charge in [0.25, 0.3) is 5.91 Å². The number of hydrogen-bond donors (Lipinski definition) is 1. The van der Waals surface area contributed by atoms with Crippen molar-refractivity contribution in [3.8, 4) is 11.3 Å². The number of thiazole rings is 1. The Morgan fingerprint density at radius 3 is 2.48 bits per heavy atom. The summed E-state index contributed by atoms with van der Waals surface area (Å²) >= 11 is 1.73. The van der Waals surface area contributed by atoms with Gasteiger partial charge in [0, 0.05) is 21.7 Å². The van der Waals surface area contributed by atoms with Crippen LogP contribution in [0, 0.1) is 20.8 Å². The molecule has 0 atom stereocenters. The molecule has 0 spiro atoms. The molecular formula is C21H22N2OS. The van der Waals surface area contributed by atoms with E-state index >= 15 is 0 Å². The molecule has 2 aromatic carbocycles. The fraction of sp³-hybridized carbons (Fsp3) is 0.238. The zero-order valence-electron chi connectivity index (χ0n) is 15.0. The molecule has 0 unspecified atom stereocenters. The summed E-state index contributed by atoms with van der Waals surface area (Å²) in [6.07, 6.45) is 0.968. The third kappa shape index (κ3) is 3.64. The van der Waals surface area contributed by atoms with Gasteiger partial charge in [0.15, 0.2) is 0 Å². The molecule has 0 saturated heterocycles. The summed E-state index contributed by atoms with van der Waals surface area (Å²) in [5.41, 5.74) is 5.86. The smallest absolute Gasteiger partial charge is 0.255 e. The summed E-state index contributed by atoms with van der Waals surface area (Å²) in [7, 11) is 0. The van der Waals surface area contributed by atoms with E-state index in [0.29, 0.717) is 5.56 Å². The van der Waals surface area contributed by atoms with Crippen LogP contribution in [0.15, 0.2) is 42.5 Å². The first-order chi connectivity index (χ1) is 12.0. The molecule has 128 valence electrons. The minimum atomic E-state index is -0.0922. The Labute approximate surface area is 152 Å². The summed E-state index contributed by atoms with van der Waals surface area (Å²) in [6, 6.07) is 13.6. The molecule has 0 saturated carbocycles. The predicted octanol–water partition coefficient (Wildman–Crippen LogP) is 5.55. The van der Waals surface area contributed by atoms with Crippen LogP contribution < -0.4 is 5.32 Å². The van der Waals surface area contributed by atoms with Gasteiger partial charge in [-0.15, -0.1) is 11.3 Å². The van der Waals surface area contributed by atoms with Gasteiger partial charge in [-0.2, -0.15) is 0 Å². The zero-order valence-corrected chi connectivity index (χ0v) is 15.8. The van der Waals surface area contributed by atoms with Gasteiger partial charge in [-0.25, -0.2) is 4.98 Å². The average molecular weight is 350 g/mol. The maximum atomic E-state index is 12.5. The standard InChI is InChI=1S/C21H22N2OS/c1-5-19-20(22-15(4)25-19)16-9-11-17(12-10-16)21(24)23-18-8-6-7-13(2)14(18)3/h6-12H,5H2,1-4H3,(H,23,24). The highest BCUT2D eigenvalue weighted by molar-refractivity contribution is 7.12. The van der Waals surface area contributed by atoms with Crippen LogP contribution in [0.25, 0.3) is 11.3 Å². The molecule has 1 N–H and O–H groups in total. The maximum absolute atomic E-state index is 12.5. The van der Waals surface area contributed by atoms with Gasteiger partial charge >= 0.3 is 0 Å². The predicted molar refractivity (Wildman–Crippen MR) is 106 cm³/mol. The number of amides is 1. The Balaban J connectivity index is 1.82. The molecule has 0 bridgehead atoms. The van der Waals surface area contributed by atoms with Crippen LogP contribution in [0.2, 0.25) is 0 Å². The number of nitrogens with one attached hydrogen (secondary N) is 1. The van der Waals surface area contributed by atoms with Crippen molar-refractivity contribution in [2.75, 3.05) is 5.32 Å². The third-order valence-electron chi connectivity index (χ3n) is 4.40. The first-order valence-electron chi connectivity index (χ1n) is 8.44. The van der Waals surface area contributed by atoms with Crippen LogP contribution in [-0.2, 0) is 6.42 Å². The first-order valence-corrected chi connectivity index (χ1v) is 9.25. The number of aromatic nitrogens is 1. The molecule has 1 aromatic heterocycles. The van der Waals surface area contributed by atoms with E-state index in [-0.39, 0.29) is 5.91 Å². The monoisotopic (exact) mass is 350 g/mol. The fourth-order valence-corrected chi connectivity index (χ4v) is 3.69. The van der Waals surface area contributed by atoms with Crippen molar-refractivity contribution >= 4 is 22.9 Å². The van der Waals surface area contributed by atoms with Crippen molar-refractivity contribution in [1.82, 2.24) is 4.98 Å². The minimum Gasteiger partial charge on any atom is -0.322 e. The van der Waals surface area contributed by atoms with Crippen molar-refractivity contribution < 1.29 is 4.79 Å². The summed E-state index contributed by atoms with van der Waals surface area (Å²) < 4.78 is 0. The van der Waals surface area contributed by atoms with Crippen LogP contribution >= 0.6 is 11.3 Å². The van der Waals surface area contributed by atoms with E-state index in [4.69, 9.17) is 0 Å². The highest BCUT2D eigenvalue weighted by Crippen LogP contribution is 2.28. The number of carbonyl (C=O) groups is 1. The second-order valence-electron chi connectivity index (χ2n) is 6.14. The highest BCUT2D eigenvalue weighted by atomic mass is 32.1. The van der Waals surface area contributed by atoms with Crippen LogP contribution in [-0.4, -0.2) is 10.9 Å². The lowest BCUT2D eigenvalue weighted by Gasteiger charge is -2.10. The maximum Gasteiger partial charge on any atom is 0.255 e. The normalized spacial score (nSPS) is 10.7. The Morgan fingerprint density at radius 2 is 1.80 bits per heavy atom. The topological polar surface area (TPSA) is 42.0 Å². The van der Waals surface area contributed by atoms with E-state index in [0.717, 1.165) is 33.9 Å². The van der Waals surface area contributed by atoms with Crippen LogP contribution in [0.3, 0.4) is 0 Å². The summed E-state index contributed by atoms with van der Waals surface area (Å²) in [5, 5.41) is 4.07. The van der Waals surface area contributed by atoms with Crippen LogP contribution in [0.4, 0.5) is 5.69 Å². The Hall–Kier alpha value is -2.46. The van der Waals surface area contributed by atoms with Gasteiger partial charge in [0.05, 0.1) is 10.7 Å².